The molecule has 0 radical (unpaired) electrons. The first kappa shape index (κ1) is 21.1. The number of rotatable bonds is 7. The van der Waals surface area contributed by atoms with Gasteiger partial charge in [-0.15, -0.1) is 0 Å². The highest BCUT2D eigenvalue weighted by molar-refractivity contribution is 6.32. The molecule has 0 aliphatic rings. The van der Waals surface area contributed by atoms with Crippen molar-refractivity contribution in [2.45, 2.75) is 13.0 Å². The van der Waals surface area contributed by atoms with Gasteiger partial charge in [0.05, 0.1) is 42.4 Å². The summed E-state index contributed by atoms with van der Waals surface area (Å²) >= 11 is 6.13. The Hall–Kier alpha value is -3.59. The predicted molar refractivity (Wildman–Crippen MR) is 111 cm³/mol. The summed E-state index contributed by atoms with van der Waals surface area (Å²) in [5, 5.41) is 16.9. The van der Waals surface area contributed by atoms with Crippen LogP contribution in [0.15, 0.2) is 41.2 Å². The molecule has 0 spiro atoms. The van der Waals surface area contributed by atoms with Crippen molar-refractivity contribution in [3.8, 4) is 11.5 Å². The number of benzene rings is 2. The molecule has 3 rings (SSSR count). The quantitative estimate of drug-likeness (QED) is 0.589. The van der Waals surface area contributed by atoms with Gasteiger partial charge in [-0.25, -0.2) is 4.68 Å². The Morgan fingerprint density at radius 2 is 1.80 bits per heavy atom. The third kappa shape index (κ3) is 4.36. The second-order valence-corrected chi connectivity index (χ2v) is 6.67. The lowest BCUT2D eigenvalue weighted by atomic mass is 10.1. The summed E-state index contributed by atoms with van der Waals surface area (Å²) in [4.78, 5) is 36.2. The molecule has 2 aromatic carbocycles. The summed E-state index contributed by atoms with van der Waals surface area (Å²) in [7, 11) is 2.90. The van der Waals surface area contributed by atoms with Crippen LogP contribution in [0.1, 0.15) is 5.69 Å². The predicted octanol–water partition coefficient (Wildman–Crippen LogP) is 2.33. The first-order valence-corrected chi connectivity index (χ1v) is 9.13. The maximum atomic E-state index is 12.7. The van der Waals surface area contributed by atoms with Crippen LogP contribution in [0.5, 0.6) is 11.5 Å². The van der Waals surface area contributed by atoms with Gasteiger partial charge in [-0.3, -0.25) is 14.4 Å². The van der Waals surface area contributed by atoms with E-state index in [9.17, 15) is 14.4 Å². The largest absolute Gasteiger partial charge is 0.495 e. The van der Waals surface area contributed by atoms with E-state index in [1.165, 1.54) is 20.3 Å². The fourth-order valence-corrected chi connectivity index (χ4v) is 3.22. The zero-order valence-corrected chi connectivity index (χ0v) is 16.9. The van der Waals surface area contributed by atoms with Crippen LogP contribution in [0, 0.1) is 0 Å². The number of carbonyl (C=O) groups is 2. The minimum Gasteiger partial charge on any atom is -0.495 e. The van der Waals surface area contributed by atoms with Crippen molar-refractivity contribution in [3.63, 3.8) is 0 Å². The van der Waals surface area contributed by atoms with E-state index in [1.807, 2.05) is 0 Å². The van der Waals surface area contributed by atoms with Crippen molar-refractivity contribution < 1.29 is 24.2 Å². The highest BCUT2D eigenvalue weighted by atomic mass is 35.5. The monoisotopic (exact) mass is 431 g/mol. The van der Waals surface area contributed by atoms with Gasteiger partial charge in [0, 0.05) is 11.5 Å². The zero-order chi connectivity index (χ0) is 21.8. The molecule has 0 aliphatic heterocycles. The number of aromatic nitrogens is 2. The van der Waals surface area contributed by atoms with E-state index in [2.05, 4.69) is 10.4 Å². The number of halogens is 1. The fourth-order valence-electron chi connectivity index (χ4n) is 2.98. The molecule has 156 valence electrons. The number of carbonyl (C=O) groups excluding carboxylic acids is 1. The summed E-state index contributed by atoms with van der Waals surface area (Å²) in [5.74, 6) is -0.932. The minimum absolute atomic E-state index is 0.201. The van der Waals surface area contributed by atoms with Crippen LogP contribution in [-0.2, 0) is 22.6 Å². The molecule has 3 aromatic rings. The highest BCUT2D eigenvalue weighted by Gasteiger charge is 2.17. The number of hydrogen-bond donors (Lipinski definition) is 2. The summed E-state index contributed by atoms with van der Waals surface area (Å²) < 4.78 is 11.2. The van der Waals surface area contributed by atoms with Crippen LogP contribution in [0.25, 0.3) is 10.8 Å². The molecule has 0 fully saturated rings. The lowest BCUT2D eigenvalue weighted by Crippen LogP contribution is -2.29. The number of carboxylic acid groups (broad SMARTS) is 1. The van der Waals surface area contributed by atoms with Crippen LogP contribution in [0.2, 0.25) is 5.02 Å². The number of methoxy groups -OCH3 is 2. The third-order valence-corrected chi connectivity index (χ3v) is 4.60. The van der Waals surface area contributed by atoms with Gasteiger partial charge in [0.2, 0.25) is 5.91 Å². The molecule has 0 atom stereocenters. The van der Waals surface area contributed by atoms with E-state index < -0.39 is 24.0 Å². The lowest BCUT2D eigenvalue weighted by Gasteiger charge is -2.14. The summed E-state index contributed by atoms with van der Waals surface area (Å²) in [5.41, 5.74) is 0.0553. The summed E-state index contributed by atoms with van der Waals surface area (Å²) in [6.07, 6.45) is -0.201. The molecular weight excluding hydrogens is 414 g/mol. The Morgan fingerprint density at radius 3 is 2.43 bits per heavy atom. The van der Waals surface area contributed by atoms with Gasteiger partial charge in [-0.2, -0.15) is 5.10 Å². The number of aliphatic carboxylic acids is 1. The van der Waals surface area contributed by atoms with E-state index in [-0.39, 0.29) is 22.5 Å². The van der Waals surface area contributed by atoms with Crippen LogP contribution in [0.4, 0.5) is 5.69 Å². The van der Waals surface area contributed by atoms with Gasteiger partial charge in [-0.05, 0) is 12.1 Å². The maximum absolute atomic E-state index is 12.7. The molecule has 0 unspecified atom stereocenters. The number of carboxylic acids is 1. The van der Waals surface area contributed by atoms with Gasteiger partial charge in [0.15, 0.2) is 0 Å². The molecule has 2 N–H and O–H groups in total. The van der Waals surface area contributed by atoms with Gasteiger partial charge in [-0.1, -0.05) is 29.8 Å². The van der Waals surface area contributed by atoms with Crippen molar-refractivity contribution in [3.05, 3.63) is 57.5 Å². The number of fused-ring (bicyclic) bond motifs is 1. The van der Waals surface area contributed by atoms with Crippen LogP contribution >= 0.6 is 11.6 Å². The Bertz CT molecular complexity index is 1190. The molecular formula is C20H18ClN3O6. The Morgan fingerprint density at radius 1 is 1.13 bits per heavy atom. The van der Waals surface area contributed by atoms with Crippen LogP contribution in [0.3, 0.4) is 0 Å². The van der Waals surface area contributed by atoms with Crippen molar-refractivity contribution >= 4 is 39.9 Å². The fraction of sp³-hybridized carbons (Fsp3) is 0.200. The normalized spacial score (nSPS) is 10.6. The molecule has 0 saturated heterocycles. The molecule has 10 heteroatoms. The van der Waals surface area contributed by atoms with Gasteiger partial charge in [0.1, 0.15) is 18.0 Å². The minimum atomic E-state index is -1.21. The maximum Gasteiger partial charge on any atom is 0.325 e. The second-order valence-electron chi connectivity index (χ2n) is 6.26. The number of nitrogens with zero attached hydrogens (tertiary/aromatic N) is 2. The first-order valence-electron chi connectivity index (χ1n) is 8.76. The average molecular weight is 432 g/mol. The van der Waals surface area contributed by atoms with Crippen molar-refractivity contribution in [1.82, 2.24) is 9.78 Å². The van der Waals surface area contributed by atoms with E-state index in [1.54, 1.807) is 30.3 Å². The molecule has 30 heavy (non-hydrogen) atoms. The van der Waals surface area contributed by atoms with Crippen molar-refractivity contribution in [2.24, 2.45) is 0 Å². The highest BCUT2D eigenvalue weighted by Crippen LogP contribution is 2.36. The van der Waals surface area contributed by atoms with Crippen molar-refractivity contribution in [2.75, 3.05) is 19.5 Å². The zero-order valence-electron chi connectivity index (χ0n) is 16.1. The standard InChI is InChI=1S/C20H18ClN3O6/c1-29-16-9-17(30-2)15(7-13(16)21)22-18(25)8-14-11-5-3-4-6-12(11)20(28)24(23-14)10-19(26)27/h3-7,9H,8,10H2,1-2H3,(H,22,25)(H,26,27). The van der Waals surface area contributed by atoms with E-state index in [0.717, 1.165) is 4.68 Å². The number of ether oxygens (including phenoxy) is 2. The van der Waals surface area contributed by atoms with E-state index in [0.29, 0.717) is 22.6 Å². The average Bonchev–Trinajstić information content (AvgIpc) is 2.71. The molecule has 1 amide bonds. The van der Waals surface area contributed by atoms with Gasteiger partial charge >= 0.3 is 5.97 Å². The smallest absolute Gasteiger partial charge is 0.325 e. The number of hydrogen-bond acceptors (Lipinski definition) is 6. The van der Waals surface area contributed by atoms with Crippen molar-refractivity contribution in [1.29, 1.82) is 0 Å². The van der Waals surface area contributed by atoms with Gasteiger partial charge in [0.25, 0.3) is 5.56 Å². The van der Waals surface area contributed by atoms with Crippen LogP contribution < -0.4 is 20.3 Å². The number of amides is 1. The number of nitrogens with one attached hydrogen (secondary N) is 1. The SMILES string of the molecule is COc1cc(OC)c(NC(=O)Cc2nn(CC(=O)O)c(=O)c3ccccc23)cc1Cl. The number of anilines is 1. The van der Waals surface area contributed by atoms with Gasteiger partial charge < -0.3 is 19.9 Å². The molecule has 1 aromatic heterocycles. The summed E-state index contributed by atoms with van der Waals surface area (Å²) in [6, 6.07) is 9.61. The van der Waals surface area contributed by atoms with E-state index in [4.69, 9.17) is 26.2 Å². The van der Waals surface area contributed by atoms with E-state index >= 15 is 0 Å². The van der Waals surface area contributed by atoms with Crippen LogP contribution in [-0.4, -0.2) is 41.0 Å². The Balaban J connectivity index is 1.96. The Labute approximate surface area is 175 Å². The second kappa shape index (κ2) is 8.83. The Kier molecular flexibility index (Phi) is 6.22. The third-order valence-electron chi connectivity index (χ3n) is 4.31. The summed E-state index contributed by atoms with van der Waals surface area (Å²) in [6.45, 7) is -0.611. The lowest BCUT2D eigenvalue weighted by molar-refractivity contribution is -0.138. The molecule has 1 heterocycles. The topological polar surface area (TPSA) is 120 Å². The first-order chi connectivity index (χ1) is 14.3. The molecule has 9 nitrogen and oxygen atoms in total. The molecule has 0 aliphatic carbocycles. The molecule has 0 bridgehead atoms. The molecule has 0 saturated carbocycles.